The maximum atomic E-state index is 11.1. The fourth-order valence-electron chi connectivity index (χ4n) is 1.32. The smallest absolute Gasteiger partial charge is 0.241 e. The lowest BCUT2D eigenvalue weighted by atomic mass is 10.0. The highest BCUT2D eigenvalue weighted by atomic mass is 16.5. The van der Waals surface area contributed by atoms with Gasteiger partial charge in [0.1, 0.15) is 6.04 Å². The van der Waals surface area contributed by atoms with E-state index in [0.717, 1.165) is 6.42 Å². The summed E-state index contributed by atoms with van der Waals surface area (Å²) < 4.78 is 4.92. The molecule has 2 N–H and O–H groups in total. The van der Waals surface area contributed by atoms with Crippen LogP contribution in [0.3, 0.4) is 0 Å². The first-order valence-corrected chi connectivity index (χ1v) is 4.21. The highest BCUT2D eigenvalue weighted by molar-refractivity contribution is 5.87. The highest BCUT2D eigenvalue weighted by Crippen LogP contribution is 2.14. The van der Waals surface area contributed by atoms with E-state index < -0.39 is 0 Å². The van der Waals surface area contributed by atoms with Crippen LogP contribution in [0.2, 0.25) is 0 Å². The third kappa shape index (κ3) is 1.76. The first-order valence-electron chi connectivity index (χ1n) is 4.21. The SMILES string of the molecule is COCCC(C)N1CC(N)C1=O. The molecule has 12 heavy (non-hydrogen) atoms. The van der Waals surface area contributed by atoms with Crippen molar-refractivity contribution in [3.8, 4) is 0 Å². The zero-order valence-corrected chi connectivity index (χ0v) is 7.62. The molecule has 4 nitrogen and oxygen atoms in total. The van der Waals surface area contributed by atoms with Gasteiger partial charge in [0.05, 0.1) is 0 Å². The number of carbonyl (C=O) groups excluding carboxylic acids is 1. The molecule has 70 valence electrons. The summed E-state index contributed by atoms with van der Waals surface area (Å²) in [6.07, 6.45) is 0.884. The van der Waals surface area contributed by atoms with Gasteiger partial charge in [0.15, 0.2) is 0 Å². The Bertz CT molecular complexity index is 172. The number of likely N-dealkylation sites (tertiary alicyclic amines) is 1. The average Bonchev–Trinajstić information content (AvgIpc) is 2.09. The number of β-lactam (4-membered cyclic amide) rings is 1. The van der Waals surface area contributed by atoms with Crippen LogP contribution in [0.4, 0.5) is 0 Å². The summed E-state index contributed by atoms with van der Waals surface area (Å²) in [4.78, 5) is 12.9. The standard InChI is InChI=1S/C8H16N2O2/c1-6(3-4-12-2)10-5-7(9)8(10)11/h6-7H,3-5,9H2,1-2H3. The normalized spacial score (nSPS) is 25.4. The molecule has 1 amide bonds. The number of amides is 1. The highest BCUT2D eigenvalue weighted by Gasteiger charge is 2.36. The minimum Gasteiger partial charge on any atom is -0.385 e. The topological polar surface area (TPSA) is 55.6 Å². The maximum Gasteiger partial charge on any atom is 0.241 e. The third-order valence-corrected chi connectivity index (χ3v) is 2.27. The van der Waals surface area contributed by atoms with E-state index in [-0.39, 0.29) is 18.0 Å². The van der Waals surface area contributed by atoms with Crippen LogP contribution in [0.15, 0.2) is 0 Å². The fraction of sp³-hybridized carbons (Fsp3) is 0.875. The molecule has 1 heterocycles. The second-order valence-electron chi connectivity index (χ2n) is 3.23. The predicted molar refractivity (Wildman–Crippen MR) is 45.6 cm³/mol. The van der Waals surface area contributed by atoms with Crippen molar-refractivity contribution in [3.05, 3.63) is 0 Å². The second kappa shape index (κ2) is 3.87. The Hall–Kier alpha value is -0.610. The first-order chi connectivity index (χ1) is 5.66. The summed E-state index contributed by atoms with van der Waals surface area (Å²) in [5.41, 5.74) is 5.46. The Kier molecular flexibility index (Phi) is 3.05. The van der Waals surface area contributed by atoms with Gasteiger partial charge < -0.3 is 15.4 Å². The molecule has 0 spiro atoms. The number of carbonyl (C=O) groups is 1. The van der Waals surface area contributed by atoms with Crippen molar-refractivity contribution in [2.24, 2.45) is 5.73 Å². The fourth-order valence-corrected chi connectivity index (χ4v) is 1.32. The van der Waals surface area contributed by atoms with Crippen LogP contribution in [0.1, 0.15) is 13.3 Å². The quantitative estimate of drug-likeness (QED) is 0.586. The van der Waals surface area contributed by atoms with Crippen LogP contribution in [0.5, 0.6) is 0 Å². The van der Waals surface area contributed by atoms with Gasteiger partial charge in [0, 0.05) is 26.3 Å². The minimum absolute atomic E-state index is 0.0682. The molecule has 1 aliphatic rings. The number of nitrogens with zero attached hydrogens (tertiary/aromatic N) is 1. The zero-order chi connectivity index (χ0) is 9.14. The Morgan fingerprint density at radius 3 is 2.92 bits per heavy atom. The molecule has 1 rings (SSSR count). The number of hydrogen-bond donors (Lipinski definition) is 1. The predicted octanol–water partition coefficient (Wildman–Crippen LogP) is -0.419. The van der Waals surface area contributed by atoms with E-state index in [0.29, 0.717) is 13.2 Å². The van der Waals surface area contributed by atoms with Crippen molar-refractivity contribution in [1.29, 1.82) is 0 Å². The molecule has 0 aromatic heterocycles. The van der Waals surface area contributed by atoms with E-state index in [1.54, 1.807) is 12.0 Å². The van der Waals surface area contributed by atoms with E-state index in [2.05, 4.69) is 0 Å². The summed E-state index contributed by atoms with van der Waals surface area (Å²) in [5.74, 6) is 0.0682. The number of methoxy groups -OCH3 is 1. The maximum absolute atomic E-state index is 11.1. The number of nitrogens with two attached hydrogens (primary N) is 1. The van der Waals surface area contributed by atoms with Crippen LogP contribution >= 0.6 is 0 Å². The largest absolute Gasteiger partial charge is 0.385 e. The van der Waals surface area contributed by atoms with Crippen molar-refractivity contribution >= 4 is 5.91 Å². The summed E-state index contributed by atoms with van der Waals surface area (Å²) in [7, 11) is 1.66. The number of ether oxygens (including phenoxy) is 1. The van der Waals surface area contributed by atoms with Crippen LogP contribution in [0, 0.1) is 0 Å². The molecular formula is C8H16N2O2. The molecule has 0 radical (unpaired) electrons. The monoisotopic (exact) mass is 172 g/mol. The first kappa shape index (κ1) is 9.48. The van der Waals surface area contributed by atoms with Gasteiger partial charge in [-0.05, 0) is 13.3 Å². The summed E-state index contributed by atoms with van der Waals surface area (Å²) in [6, 6.07) is 0.00671. The molecule has 1 saturated heterocycles. The van der Waals surface area contributed by atoms with E-state index >= 15 is 0 Å². The minimum atomic E-state index is -0.255. The molecule has 0 bridgehead atoms. The van der Waals surface area contributed by atoms with Gasteiger partial charge in [-0.1, -0.05) is 0 Å². The van der Waals surface area contributed by atoms with Gasteiger partial charge in [0.25, 0.3) is 0 Å². The number of hydrogen-bond acceptors (Lipinski definition) is 3. The van der Waals surface area contributed by atoms with E-state index in [1.807, 2.05) is 6.92 Å². The summed E-state index contributed by atoms with van der Waals surface area (Å²) in [6.45, 7) is 3.41. The van der Waals surface area contributed by atoms with Crippen molar-refractivity contribution < 1.29 is 9.53 Å². The van der Waals surface area contributed by atoms with E-state index in [1.165, 1.54) is 0 Å². The van der Waals surface area contributed by atoms with Gasteiger partial charge in [0.2, 0.25) is 5.91 Å². The van der Waals surface area contributed by atoms with Crippen molar-refractivity contribution in [2.45, 2.75) is 25.4 Å². The Balaban J connectivity index is 2.25. The van der Waals surface area contributed by atoms with E-state index in [4.69, 9.17) is 10.5 Å². The molecule has 1 aliphatic heterocycles. The molecule has 2 atom stereocenters. The number of rotatable bonds is 4. The van der Waals surface area contributed by atoms with Crippen molar-refractivity contribution in [2.75, 3.05) is 20.3 Å². The van der Waals surface area contributed by atoms with Crippen molar-refractivity contribution in [1.82, 2.24) is 4.90 Å². The van der Waals surface area contributed by atoms with Crippen LogP contribution in [0.25, 0.3) is 0 Å². The zero-order valence-electron chi connectivity index (χ0n) is 7.62. The molecular weight excluding hydrogens is 156 g/mol. The van der Waals surface area contributed by atoms with E-state index in [9.17, 15) is 4.79 Å². The summed E-state index contributed by atoms with van der Waals surface area (Å²) >= 11 is 0. The molecule has 1 fully saturated rings. The average molecular weight is 172 g/mol. The summed E-state index contributed by atoms with van der Waals surface area (Å²) in [5, 5.41) is 0. The Morgan fingerprint density at radius 2 is 2.50 bits per heavy atom. The third-order valence-electron chi connectivity index (χ3n) is 2.27. The van der Waals surface area contributed by atoms with Crippen LogP contribution in [-0.2, 0) is 9.53 Å². The van der Waals surface area contributed by atoms with Crippen LogP contribution in [-0.4, -0.2) is 43.2 Å². The second-order valence-corrected chi connectivity index (χ2v) is 3.23. The van der Waals surface area contributed by atoms with Gasteiger partial charge in [-0.3, -0.25) is 4.79 Å². The lowest BCUT2D eigenvalue weighted by Crippen LogP contribution is -2.63. The van der Waals surface area contributed by atoms with Gasteiger partial charge in [-0.2, -0.15) is 0 Å². The lowest BCUT2D eigenvalue weighted by Gasteiger charge is -2.40. The molecule has 0 aromatic rings. The van der Waals surface area contributed by atoms with Gasteiger partial charge >= 0.3 is 0 Å². The van der Waals surface area contributed by atoms with Gasteiger partial charge in [-0.25, -0.2) is 0 Å². The molecule has 0 aliphatic carbocycles. The Labute approximate surface area is 72.7 Å². The Morgan fingerprint density at radius 1 is 1.83 bits per heavy atom. The lowest BCUT2D eigenvalue weighted by molar-refractivity contribution is -0.145. The molecule has 0 aromatic carbocycles. The van der Waals surface area contributed by atoms with Crippen LogP contribution < -0.4 is 5.73 Å². The molecule has 4 heteroatoms. The molecule has 0 saturated carbocycles. The van der Waals surface area contributed by atoms with Gasteiger partial charge in [-0.15, -0.1) is 0 Å². The molecule has 2 unspecified atom stereocenters. The van der Waals surface area contributed by atoms with Crippen molar-refractivity contribution in [3.63, 3.8) is 0 Å².